The molecule has 0 aromatic heterocycles. The van der Waals surface area contributed by atoms with E-state index in [1.54, 1.807) is 14.2 Å². The van der Waals surface area contributed by atoms with Crippen LogP contribution >= 0.6 is 0 Å². The van der Waals surface area contributed by atoms with Crippen molar-refractivity contribution in [2.45, 2.75) is 31.3 Å². The smallest absolute Gasteiger partial charge is 0.249 e. The number of benzene rings is 1. The molecule has 1 aromatic carbocycles. The molecule has 2 bridgehead atoms. The number of hydrogen-bond donors (Lipinski definition) is 0. The maximum Gasteiger partial charge on any atom is 0.249 e. The minimum atomic E-state index is 0.0777. The number of amides is 1. The summed E-state index contributed by atoms with van der Waals surface area (Å²) in [5, 5.41) is 0. The maximum absolute atomic E-state index is 12.3. The van der Waals surface area contributed by atoms with Crippen molar-refractivity contribution >= 4 is 5.91 Å². The highest BCUT2D eigenvalue weighted by Crippen LogP contribution is 2.42. The third-order valence-electron chi connectivity index (χ3n) is 4.76. The van der Waals surface area contributed by atoms with Gasteiger partial charge in [-0.15, -0.1) is 0 Å². The van der Waals surface area contributed by atoms with Crippen molar-refractivity contribution in [1.82, 2.24) is 4.90 Å². The molecule has 1 aromatic rings. The topological polar surface area (TPSA) is 48.0 Å². The molecule has 1 aliphatic carbocycles. The molecule has 2 fully saturated rings. The molecule has 1 saturated heterocycles. The van der Waals surface area contributed by atoms with Crippen LogP contribution in [0, 0.1) is 5.92 Å². The van der Waals surface area contributed by atoms with E-state index in [9.17, 15) is 4.79 Å². The van der Waals surface area contributed by atoms with Gasteiger partial charge in [0.05, 0.1) is 13.2 Å². The summed E-state index contributed by atoms with van der Waals surface area (Å²) in [5.74, 6) is 2.18. The first kappa shape index (κ1) is 15.2. The fourth-order valence-corrected chi connectivity index (χ4v) is 3.77. The van der Waals surface area contributed by atoms with Crippen LogP contribution in [-0.4, -0.2) is 50.3 Å². The monoisotopic (exact) mass is 305 g/mol. The number of carbonyl (C=O) groups excluding carboxylic acids is 1. The molecule has 3 atom stereocenters. The van der Waals surface area contributed by atoms with Gasteiger partial charge in [-0.05, 0) is 37.3 Å². The molecule has 0 N–H and O–H groups in total. The van der Waals surface area contributed by atoms with Crippen LogP contribution in [-0.2, 0) is 9.53 Å². The van der Waals surface area contributed by atoms with E-state index in [1.165, 1.54) is 6.42 Å². The minimum absolute atomic E-state index is 0.0777. The first-order valence-corrected chi connectivity index (χ1v) is 7.80. The van der Waals surface area contributed by atoms with E-state index in [4.69, 9.17) is 14.2 Å². The van der Waals surface area contributed by atoms with Crippen molar-refractivity contribution in [2.24, 2.45) is 5.92 Å². The van der Waals surface area contributed by atoms with E-state index >= 15 is 0 Å². The number of nitrogens with zero attached hydrogens (tertiary/aromatic N) is 1. The number of likely N-dealkylation sites (tertiary alicyclic amines) is 1. The van der Waals surface area contributed by atoms with Crippen LogP contribution in [0.5, 0.6) is 11.5 Å². The summed E-state index contributed by atoms with van der Waals surface area (Å²) >= 11 is 0. The summed E-state index contributed by atoms with van der Waals surface area (Å²) in [7, 11) is 3.20. The lowest BCUT2D eigenvalue weighted by Gasteiger charge is -2.35. The number of piperidine rings is 1. The normalized spacial score (nSPS) is 26.3. The Labute approximate surface area is 131 Å². The van der Waals surface area contributed by atoms with Gasteiger partial charge in [0.25, 0.3) is 0 Å². The van der Waals surface area contributed by atoms with E-state index in [-0.39, 0.29) is 18.6 Å². The summed E-state index contributed by atoms with van der Waals surface area (Å²) < 4.78 is 16.2. The molecule has 1 amide bonds. The average Bonchev–Trinajstić information content (AvgIpc) is 3.14. The predicted octanol–water partition coefficient (Wildman–Crippen LogP) is 2.10. The summed E-state index contributed by atoms with van der Waals surface area (Å²) in [6, 6.07) is 8.10. The Morgan fingerprint density at radius 2 is 2.09 bits per heavy atom. The van der Waals surface area contributed by atoms with Crippen molar-refractivity contribution in [1.29, 1.82) is 0 Å². The second-order valence-corrected chi connectivity index (χ2v) is 6.02. The molecule has 2 unspecified atom stereocenters. The number of hydrogen-bond acceptors (Lipinski definition) is 4. The number of methoxy groups -OCH3 is 2. The van der Waals surface area contributed by atoms with E-state index in [0.717, 1.165) is 24.3 Å². The largest absolute Gasteiger partial charge is 0.497 e. The van der Waals surface area contributed by atoms with Crippen molar-refractivity contribution < 1.29 is 19.0 Å². The fourth-order valence-electron chi connectivity index (χ4n) is 3.77. The SMILES string of the molecule is COCC(=O)N1C2CCC(C2)[C@@H]1COc1cccc(OC)c1. The van der Waals surface area contributed by atoms with Gasteiger partial charge in [0, 0.05) is 19.2 Å². The van der Waals surface area contributed by atoms with Gasteiger partial charge >= 0.3 is 0 Å². The van der Waals surface area contributed by atoms with Crippen molar-refractivity contribution in [2.75, 3.05) is 27.4 Å². The Hall–Kier alpha value is -1.75. The third-order valence-corrected chi connectivity index (χ3v) is 4.76. The lowest BCUT2D eigenvalue weighted by Crippen LogP contribution is -2.49. The molecule has 120 valence electrons. The van der Waals surface area contributed by atoms with Crippen molar-refractivity contribution in [3.05, 3.63) is 24.3 Å². The Bertz CT molecular complexity index is 533. The van der Waals surface area contributed by atoms with Gasteiger partial charge in [0.2, 0.25) is 5.91 Å². The zero-order valence-corrected chi connectivity index (χ0v) is 13.2. The van der Waals surface area contributed by atoms with Crippen LogP contribution in [0.2, 0.25) is 0 Å². The van der Waals surface area contributed by atoms with Gasteiger partial charge in [0.15, 0.2) is 0 Å². The number of carbonyl (C=O) groups is 1. The summed E-state index contributed by atoms with van der Waals surface area (Å²) in [5.41, 5.74) is 0. The number of fused-ring (bicyclic) bond motifs is 2. The highest BCUT2D eigenvalue weighted by molar-refractivity contribution is 5.78. The quantitative estimate of drug-likeness (QED) is 0.807. The van der Waals surface area contributed by atoms with Gasteiger partial charge in [0.1, 0.15) is 24.7 Å². The molecule has 0 spiro atoms. The Kier molecular flexibility index (Phi) is 4.52. The van der Waals surface area contributed by atoms with E-state index in [2.05, 4.69) is 0 Å². The summed E-state index contributed by atoms with van der Waals surface area (Å²) in [6.45, 7) is 0.683. The van der Waals surface area contributed by atoms with Crippen LogP contribution < -0.4 is 9.47 Å². The standard InChI is InChI=1S/C17H23NO4/c1-20-11-17(19)18-13-7-6-12(8-13)16(18)10-22-15-5-3-4-14(9-15)21-2/h3-5,9,12-13,16H,6-8,10-11H2,1-2H3/t12?,13?,16-/m0/s1. The van der Waals surface area contributed by atoms with Gasteiger partial charge in [-0.25, -0.2) is 0 Å². The molecule has 0 radical (unpaired) electrons. The highest BCUT2D eigenvalue weighted by Gasteiger charge is 2.48. The molecule has 22 heavy (non-hydrogen) atoms. The highest BCUT2D eigenvalue weighted by atomic mass is 16.5. The van der Waals surface area contributed by atoms with Gasteiger partial charge in [-0.3, -0.25) is 4.79 Å². The van der Waals surface area contributed by atoms with Gasteiger partial charge in [-0.2, -0.15) is 0 Å². The van der Waals surface area contributed by atoms with Gasteiger partial charge < -0.3 is 19.1 Å². The van der Waals surface area contributed by atoms with Crippen LogP contribution in [0.1, 0.15) is 19.3 Å². The zero-order chi connectivity index (χ0) is 15.5. The van der Waals surface area contributed by atoms with Crippen molar-refractivity contribution in [3.8, 4) is 11.5 Å². The Morgan fingerprint density at radius 3 is 2.86 bits per heavy atom. The molecule has 2 aliphatic rings. The summed E-state index contributed by atoms with van der Waals surface area (Å²) in [4.78, 5) is 14.3. The molecule has 3 rings (SSSR count). The first-order chi connectivity index (χ1) is 10.7. The number of rotatable bonds is 6. The second-order valence-electron chi connectivity index (χ2n) is 6.02. The molecule has 1 saturated carbocycles. The first-order valence-electron chi connectivity index (χ1n) is 7.80. The minimum Gasteiger partial charge on any atom is -0.497 e. The zero-order valence-electron chi connectivity index (χ0n) is 13.2. The molecule has 5 nitrogen and oxygen atoms in total. The lowest BCUT2D eigenvalue weighted by molar-refractivity contribution is -0.140. The van der Waals surface area contributed by atoms with Crippen LogP contribution in [0.3, 0.4) is 0 Å². The predicted molar refractivity (Wildman–Crippen MR) is 82.1 cm³/mol. The molecule has 1 heterocycles. The molecular weight excluding hydrogens is 282 g/mol. The molecule has 1 aliphatic heterocycles. The van der Waals surface area contributed by atoms with E-state index in [0.29, 0.717) is 18.6 Å². The second kappa shape index (κ2) is 6.57. The van der Waals surface area contributed by atoms with Crippen LogP contribution in [0.4, 0.5) is 0 Å². The van der Waals surface area contributed by atoms with E-state index < -0.39 is 0 Å². The van der Waals surface area contributed by atoms with Crippen molar-refractivity contribution in [3.63, 3.8) is 0 Å². The number of ether oxygens (including phenoxy) is 3. The van der Waals surface area contributed by atoms with Crippen LogP contribution in [0.15, 0.2) is 24.3 Å². The third kappa shape index (κ3) is 2.90. The van der Waals surface area contributed by atoms with E-state index in [1.807, 2.05) is 29.2 Å². The Morgan fingerprint density at radius 1 is 1.27 bits per heavy atom. The Balaban J connectivity index is 1.66. The fraction of sp³-hybridized carbons (Fsp3) is 0.588. The average molecular weight is 305 g/mol. The molecule has 5 heteroatoms. The lowest BCUT2D eigenvalue weighted by atomic mass is 9.99. The van der Waals surface area contributed by atoms with Gasteiger partial charge in [-0.1, -0.05) is 6.07 Å². The summed E-state index contributed by atoms with van der Waals surface area (Å²) in [6.07, 6.45) is 3.39. The van der Waals surface area contributed by atoms with Crippen LogP contribution in [0.25, 0.3) is 0 Å². The maximum atomic E-state index is 12.3. The molecular formula is C17H23NO4.